The lowest BCUT2D eigenvalue weighted by atomic mass is 9.95. The summed E-state index contributed by atoms with van der Waals surface area (Å²) in [5.41, 5.74) is 0. The normalized spacial score (nSPS) is 13.2. The van der Waals surface area contributed by atoms with E-state index < -0.39 is 0 Å². The minimum absolute atomic E-state index is 0.701. The lowest BCUT2D eigenvalue weighted by Gasteiger charge is -2.13. The van der Waals surface area contributed by atoms with Crippen molar-refractivity contribution in [3.63, 3.8) is 0 Å². The molecule has 10 heavy (non-hydrogen) atoms. The zero-order chi connectivity index (χ0) is 7.98. The van der Waals surface area contributed by atoms with E-state index in [0.29, 0.717) is 11.8 Å². The fourth-order valence-electron chi connectivity index (χ4n) is 0.703. The van der Waals surface area contributed by atoms with Crippen LogP contribution in [0.25, 0.3) is 0 Å². The molecule has 0 bridgehead atoms. The third-order valence-electron chi connectivity index (χ3n) is 1.97. The summed E-state index contributed by atoms with van der Waals surface area (Å²) in [6, 6.07) is 0. The Balaban J connectivity index is 3.21. The van der Waals surface area contributed by atoms with Crippen LogP contribution in [0, 0.1) is 11.8 Å². The number of carbonyl (C=O) groups excluding carboxylic acids is 1. The summed E-state index contributed by atoms with van der Waals surface area (Å²) in [7, 11) is 0. The molecule has 1 amide bonds. The second kappa shape index (κ2) is 5.27. The molecule has 0 aromatic rings. The lowest BCUT2D eigenvalue weighted by molar-refractivity contribution is -0.109. The number of carbonyl (C=O) groups is 1. The SMILES string of the molecule is CC(C)[C@@H](C)CCNC=O. The topological polar surface area (TPSA) is 29.1 Å². The second-order valence-electron chi connectivity index (χ2n) is 3.08. The van der Waals surface area contributed by atoms with Gasteiger partial charge < -0.3 is 5.32 Å². The number of rotatable bonds is 5. The molecule has 0 saturated heterocycles. The first kappa shape index (κ1) is 9.47. The predicted octanol–water partition coefficient (Wildman–Crippen LogP) is 1.41. The van der Waals surface area contributed by atoms with E-state index in [1.165, 1.54) is 0 Å². The molecule has 0 rings (SSSR count). The molecule has 1 N–H and O–H groups in total. The fraction of sp³-hybridized carbons (Fsp3) is 0.875. The molecule has 0 aliphatic carbocycles. The van der Waals surface area contributed by atoms with E-state index in [4.69, 9.17) is 0 Å². The summed E-state index contributed by atoms with van der Waals surface area (Å²) >= 11 is 0. The minimum Gasteiger partial charge on any atom is -0.359 e. The van der Waals surface area contributed by atoms with Crippen molar-refractivity contribution in [3.05, 3.63) is 0 Å². The molecular formula is C8H17NO. The average Bonchev–Trinajstić information content (AvgIpc) is 1.88. The van der Waals surface area contributed by atoms with Crippen LogP contribution in [0.3, 0.4) is 0 Å². The Morgan fingerprint density at radius 1 is 1.40 bits per heavy atom. The van der Waals surface area contributed by atoms with Crippen LogP contribution >= 0.6 is 0 Å². The van der Waals surface area contributed by atoms with Gasteiger partial charge in [0.1, 0.15) is 0 Å². The Bertz CT molecular complexity index is 91.3. The van der Waals surface area contributed by atoms with E-state index >= 15 is 0 Å². The molecule has 0 aliphatic rings. The number of nitrogens with one attached hydrogen (secondary N) is 1. The molecular weight excluding hydrogens is 126 g/mol. The zero-order valence-corrected chi connectivity index (χ0v) is 7.05. The van der Waals surface area contributed by atoms with Crippen LogP contribution in [0.5, 0.6) is 0 Å². The maximum Gasteiger partial charge on any atom is 0.207 e. The summed E-state index contributed by atoms with van der Waals surface area (Å²) in [5.74, 6) is 1.42. The third-order valence-corrected chi connectivity index (χ3v) is 1.97. The first-order valence-electron chi connectivity index (χ1n) is 3.85. The quantitative estimate of drug-likeness (QED) is 0.457. The van der Waals surface area contributed by atoms with Crippen LogP contribution < -0.4 is 5.32 Å². The van der Waals surface area contributed by atoms with Gasteiger partial charge in [-0.3, -0.25) is 4.79 Å². The molecule has 0 aromatic carbocycles. The van der Waals surface area contributed by atoms with Gasteiger partial charge in [-0.05, 0) is 18.3 Å². The van der Waals surface area contributed by atoms with E-state index in [1.807, 2.05) is 0 Å². The van der Waals surface area contributed by atoms with Crippen LogP contribution in [0.4, 0.5) is 0 Å². The van der Waals surface area contributed by atoms with E-state index in [-0.39, 0.29) is 0 Å². The molecule has 0 unspecified atom stereocenters. The molecule has 0 radical (unpaired) electrons. The second-order valence-corrected chi connectivity index (χ2v) is 3.08. The van der Waals surface area contributed by atoms with Crippen LogP contribution in [0.15, 0.2) is 0 Å². The summed E-state index contributed by atoms with van der Waals surface area (Å²) < 4.78 is 0. The van der Waals surface area contributed by atoms with Gasteiger partial charge in [0, 0.05) is 6.54 Å². The fourth-order valence-corrected chi connectivity index (χ4v) is 0.703. The summed E-state index contributed by atoms with van der Waals surface area (Å²) in [4.78, 5) is 9.85. The van der Waals surface area contributed by atoms with E-state index in [2.05, 4.69) is 26.1 Å². The van der Waals surface area contributed by atoms with Crippen molar-refractivity contribution in [1.82, 2.24) is 5.32 Å². The first-order valence-corrected chi connectivity index (χ1v) is 3.85. The Hall–Kier alpha value is -0.530. The Morgan fingerprint density at radius 2 is 2.00 bits per heavy atom. The van der Waals surface area contributed by atoms with Gasteiger partial charge in [0.15, 0.2) is 0 Å². The van der Waals surface area contributed by atoms with E-state index in [1.54, 1.807) is 0 Å². The van der Waals surface area contributed by atoms with Gasteiger partial charge >= 0.3 is 0 Å². The number of hydrogen-bond donors (Lipinski definition) is 1. The van der Waals surface area contributed by atoms with E-state index in [0.717, 1.165) is 19.4 Å². The number of amides is 1. The van der Waals surface area contributed by atoms with Gasteiger partial charge in [0.05, 0.1) is 0 Å². The maximum atomic E-state index is 9.85. The van der Waals surface area contributed by atoms with Gasteiger partial charge in [0.2, 0.25) is 6.41 Å². The highest BCUT2D eigenvalue weighted by molar-refractivity contribution is 5.45. The Kier molecular flexibility index (Phi) is 4.99. The van der Waals surface area contributed by atoms with Crippen molar-refractivity contribution < 1.29 is 4.79 Å². The van der Waals surface area contributed by atoms with Gasteiger partial charge in [0.25, 0.3) is 0 Å². The molecule has 0 spiro atoms. The standard InChI is InChI=1S/C8H17NO/c1-7(2)8(3)4-5-9-6-10/h6-8H,4-5H2,1-3H3,(H,9,10)/t8-/m0/s1. The molecule has 0 fully saturated rings. The summed E-state index contributed by atoms with van der Waals surface area (Å²) in [6.07, 6.45) is 1.84. The van der Waals surface area contributed by atoms with Gasteiger partial charge in [-0.15, -0.1) is 0 Å². The van der Waals surface area contributed by atoms with Crippen LogP contribution in [0.2, 0.25) is 0 Å². The van der Waals surface area contributed by atoms with Gasteiger partial charge in [-0.25, -0.2) is 0 Å². The number of hydrogen-bond acceptors (Lipinski definition) is 1. The average molecular weight is 143 g/mol. The molecule has 0 aliphatic heterocycles. The molecule has 0 saturated carbocycles. The Morgan fingerprint density at radius 3 is 2.40 bits per heavy atom. The molecule has 0 aromatic heterocycles. The summed E-state index contributed by atoms with van der Waals surface area (Å²) in [6.45, 7) is 7.41. The Labute approximate surface area is 63.0 Å². The monoisotopic (exact) mass is 143 g/mol. The minimum atomic E-state index is 0.701. The van der Waals surface area contributed by atoms with Crippen molar-refractivity contribution in [2.45, 2.75) is 27.2 Å². The van der Waals surface area contributed by atoms with E-state index in [9.17, 15) is 4.79 Å². The van der Waals surface area contributed by atoms with Crippen LogP contribution in [0.1, 0.15) is 27.2 Å². The van der Waals surface area contributed by atoms with Crippen LogP contribution in [-0.4, -0.2) is 13.0 Å². The highest BCUT2D eigenvalue weighted by atomic mass is 16.1. The molecule has 2 heteroatoms. The predicted molar refractivity (Wildman–Crippen MR) is 42.7 cm³/mol. The first-order chi connectivity index (χ1) is 4.68. The van der Waals surface area contributed by atoms with Crippen molar-refractivity contribution >= 4 is 6.41 Å². The smallest absolute Gasteiger partial charge is 0.207 e. The highest BCUT2D eigenvalue weighted by Crippen LogP contribution is 2.12. The molecule has 0 heterocycles. The van der Waals surface area contributed by atoms with Gasteiger partial charge in [-0.2, -0.15) is 0 Å². The zero-order valence-electron chi connectivity index (χ0n) is 7.05. The van der Waals surface area contributed by atoms with Crippen LogP contribution in [-0.2, 0) is 4.79 Å². The maximum absolute atomic E-state index is 9.85. The lowest BCUT2D eigenvalue weighted by Crippen LogP contribution is -2.17. The van der Waals surface area contributed by atoms with Crippen molar-refractivity contribution in [2.24, 2.45) is 11.8 Å². The highest BCUT2D eigenvalue weighted by Gasteiger charge is 2.04. The molecule has 2 nitrogen and oxygen atoms in total. The largest absolute Gasteiger partial charge is 0.359 e. The van der Waals surface area contributed by atoms with Crippen molar-refractivity contribution in [3.8, 4) is 0 Å². The molecule has 60 valence electrons. The van der Waals surface area contributed by atoms with Crippen molar-refractivity contribution in [1.29, 1.82) is 0 Å². The summed E-state index contributed by atoms with van der Waals surface area (Å²) in [5, 5.41) is 2.65. The van der Waals surface area contributed by atoms with Crippen molar-refractivity contribution in [2.75, 3.05) is 6.54 Å². The third kappa shape index (κ3) is 4.36. The molecule has 1 atom stereocenters. The van der Waals surface area contributed by atoms with Gasteiger partial charge in [-0.1, -0.05) is 20.8 Å².